The Labute approximate surface area is 143 Å². The summed E-state index contributed by atoms with van der Waals surface area (Å²) in [5.74, 6) is 1.27. The first-order valence-corrected chi connectivity index (χ1v) is 9.00. The highest BCUT2D eigenvalue weighted by molar-refractivity contribution is 7.99. The zero-order chi connectivity index (χ0) is 17.3. The summed E-state index contributed by atoms with van der Waals surface area (Å²) in [5.41, 5.74) is 0.782. The summed E-state index contributed by atoms with van der Waals surface area (Å²) in [4.78, 5) is 14.6. The molecule has 1 aromatic carbocycles. The number of halogens is 3. The number of benzene rings is 1. The van der Waals surface area contributed by atoms with Crippen LogP contribution < -0.4 is 10.2 Å². The third-order valence-electron chi connectivity index (χ3n) is 4.54. The number of hydrogen-bond acceptors (Lipinski definition) is 3. The predicted molar refractivity (Wildman–Crippen MR) is 90.3 cm³/mol. The van der Waals surface area contributed by atoms with E-state index in [0.717, 1.165) is 29.8 Å². The fourth-order valence-electron chi connectivity index (χ4n) is 3.41. The number of amides is 1. The molecule has 1 N–H and O–H groups in total. The van der Waals surface area contributed by atoms with Crippen molar-refractivity contribution in [2.75, 3.05) is 29.5 Å². The van der Waals surface area contributed by atoms with E-state index in [2.05, 4.69) is 16.8 Å². The van der Waals surface area contributed by atoms with Crippen LogP contribution in [0.2, 0.25) is 0 Å². The second kappa shape index (κ2) is 6.70. The molecule has 2 aliphatic heterocycles. The Morgan fingerprint density at radius 2 is 2.25 bits per heavy atom. The molecule has 0 aliphatic carbocycles. The first-order valence-electron chi connectivity index (χ1n) is 7.85. The van der Waals surface area contributed by atoms with E-state index >= 15 is 0 Å². The number of hydrogen-bond donors (Lipinski definition) is 1. The maximum Gasteiger partial charge on any atom is 0.416 e. The van der Waals surface area contributed by atoms with Crippen molar-refractivity contribution in [3.05, 3.63) is 42.0 Å². The lowest BCUT2D eigenvalue weighted by molar-refractivity contribution is -0.137. The molecular formula is C17H19F3N2OS. The Balaban J connectivity index is 1.95. The predicted octanol–water partition coefficient (Wildman–Crippen LogP) is 3.10. The van der Waals surface area contributed by atoms with E-state index in [1.165, 1.54) is 6.07 Å². The maximum atomic E-state index is 13.0. The van der Waals surface area contributed by atoms with Gasteiger partial charge in [0.05, 0.1) is 11.5 Å². The van der Waals surface area contributed by atoms with Gasteiger partial charge in [-0.2, -0.15) is 24.9 Å². The number of rotatable bonds is 3. The molecule has 1 aromatic rings. The summed E-state index contributed by atoms with van der Waals surface area (Å²) in [7, 11) is 0. The molecule has 1 saturated heterocycles. The number of thioether (sulfide) groups is 1. The molecule has 0 radical (unpaired) electrons. The van der Waals surface area contributed by atoms with E-state index in [0.29, 0.717) is 18.5 Å². The van der Waals surface area contributed by atoms with Crippen molar-refractivity contribution >= 4 is 23.4 Å². The lowest BCUT2D eigenvalue weighted by Gasteiger charge is -2.45. The summed E-state index contributed by atoms with van der Waals surface area (Å²) in [6.07, 6.45) is -2.43. The Hall–Kier alpha value is -1.63. The fraction of sp³-hybridized carbons (Fsp3) is 0.471. The number of nitrogens with one attached hydrogen (secondary N) is 1. The van der Waals surface area contributed by atoms with Gasteiger partial charge >= 0.3 is 6.18 Å². The molecule has 3 rings (SSSR count). The third-order valence-corrected chi connectivity index (χ3v) is 5.59. The van der Waals surface area contributed by atoms with Gasteiger partial charge < -0.3 is 10.2 Å². The quantitative estimate of drug-likeness (QED) is 0.845. The zero-order valence-corrected chi connectivity index (χ0v) is 13.9. The summed E-state index contributed by atoms with van der Waals surface area (Å²) < 4.78 is 39.0. The van der Waals surface area contributed by atoms with Gasteiger partial charge in [0.1, 0.15) is 0 Å². The van der Waals surface area contributed by atoms with Crippen molar-refractivity contribution in [3.63, 3.8) is 0 Å². The van der Waals surface area contributed by atoms with Crippen LogP contribution in [-0.4, -0.2) is 36.5 Å². The standard InChI is InChI=1S/C17H19F3N2OS/c1-2-5-21-16(23)13-9-11-8-12(17(18,19)20)3-4-14(11)22-6-7-24-10-15(13)22/h2-4,8,13,15H,1,5-7,9-10H2,(H,21,23)/t13-,15-/m0/s1. The van der Waals surface area contributed by atoms with Crippen LogP contribution in [0.5, 0.6) is 0 Å². The number of carbonyl (C=O) groups excluding carboxylic acids is 1. The lowest BCUT2D eigenvalue weighted by atomic mass is 9.84. The van der Waals surface area contributed by atoms with Gasteiger partial charge in [-0.3, -0.25) is 4.79 Å². The average molecular weight is 356 g/mol. The molecule has 1 amide bonds. The highest BCUT2D eigenvalue weighted by Crippen LogP contribution is 2.40. The van der Waals surface area contributed by atoms with Crippen LogP contribution in [0.25, 0.3) is 0 Å². The third kappa shape index (κ3) is 3.27. The van der Waals surface area contributed by atoms with Crippen LogP contribution in [0.3, 0.4) is 0 Å². The molecule has 2 heterocycles. The van der Waals surface area contributed by atoms with Gasteiger partial charge in [-0.15, -0.1) is 6.58 Å². The van der Waals surface area contributed by atoms with Crippen molar-refractivity contribution in [1.29, 1.82) is 0 Å². The maximum absolute atomic E-state index is 13.0. The number of alkyl halides is 3. The summed E-state index contributed by atoms with van der Waals surface area (Å²) in [6.45, 7) is 4.69. The average Bonchev–Trinajstić information content (AvgIpc) is 2.57. The van der Waals surface area contributed by atoms with Gasteiger partial charge in [0.2, 0.25) is 5.91 Å². The van der Waals surface area contributed by atoms with Crippen LogP contribution in [-0.2, 0) is 17.4 Å². The molecule has 3 nitrogen and oxygen atoms in total. The van der Waals surface area contributed by atoms with Crippen molar-refractivity contribution in [2.45, 2.75) is 18.6 Å². The van der Waals surface area contributed by atoms with Crippen LogP contribution in [0.15, 0.2) is 30.9 Å². The highest BCUT2D eigenvalue weighted by Gasteiger charge is 2.41. The van der Waals surface area contributed by atoms with E-state index in [-0.39, 0.29) is 17.9 Å². The van der Waals surface area contributed by atoms with E-state index in [1.54, 1.807) is 23.9 Å². The summed E-state index contributed by atoms with van der Waals surface area (Å²) in [6, 6.07) is 3.91. The fourth-order valence-corrected chi connectivity index (χ4v) is 4.55. The van der Waals surface area contributed by atoms with E-state index in [9.17, 15) is 18.0 Å². The van der Waals surface area contributed by atoms with Crippen molar-refractivity contribution in [1.82, 2.24) is 5.32 Å². The molecule has 0 bridgehead atoms. The SMILES string of the molecule is C=CCNC(=O)[C@H]1Cc2cc(C(F)(F)F)ccc2N2CCSC[C@@H]12. The van der Waals surface area contributed by atoms with E-state index in [1.807, 2.05) is 0 Å². The molecule has 0 unspecified atom stereocenters. The Morgan fingerprint density at radius 1 is 1.46 bits per heavy atom. The molecule has 24 heavy (non-hydrogen) atoms. The molecule has 0 aromatic heterocycles. The second-order valence-electron chi connectivity index (χ2n) is 6.02. The number of anilines is 1. The van der Waals surface area contributed by atoms with Crippen LogP contribution >= 0.6 is 11.8 Å². The van der Waals surface area contributed by atoms with Crippen molar-refractivity contribution in [3.8, 4) is 0 Å². The van der Waals surface area contributed by atoms with Crippen molar-refractivity contribution in [2.24, 2.45) is 5.92 Å². The molecule has 130 valence electrons. The minimum Gasteiger partial charge on any atom is -0.366 e. The van der Waals surface area contributed by atoms with Crippen LogP contribution in [0.1, 0.15) is 11.1 Å². The highest BCUT2D eigenvalue weighted by atomic mass is 32.2. The van der Waals surface area contributed by atoms with Crippen molar-refractivity contribution < 1.29 is 18.0 Å². The molecule has 2 atom stereocenters. The Bertz CT molecular complexity index is 647. The molecule has 2 aliphatic rings. The van der Waals surface area contributed by atoms with Gasteiger partial charge in [-0.25, -0.2) is 0 Å². The Kier molecular flexibility index (Phi) is 4.80. The van der Waals surface area contributed by atoms with Gasteiger partial charge in [-0.05, 0) is 30.2 Å². The van der Waals surface area contributed by atoms with Gasteiger partial charge in [-0.1, -0.05) is 6.08 Å². The van der Waals surface area contributed by atoms with Gasteiger partial charge in [0, 0.05) is 36.3 Å². The van der Waals surface area contributed by atoms with Crippen LogP contribution in [0, 0.1) is 5.92 Å². The largest absolute Gasteiger partial charge is 0.416 e. The van der Waals surface area contributed by atoms with Gasteiger partial charge in [0.15, 0.2) is 0 Å². The minimum absolute atomic E-state index is 0.0257. The minimum atomic E-state index is -4.37. The molecule has 1 fully saturated rings. The number of carbonyl (C=O) groups is 1. The zero-order valence-electron chi connectivity index (χ0n) is 13.1. The first-order chi connectivity index (χ1) is 11.4. The molecule has 7 heteroatoms. The number of fused-ring (bicyclic) bond motifs is 3. The smallest absolute Gasteiger partial charge is 0.366 e. The second-order valence-corrected chi connectivity index (χ2v) is 7.17. The summed E-state index contributed by atoms with van der Waals surface area (Å²) in [5, 5.41) is 2.80. The van der Waals surface area contributed by atoms with Gasteiger partial charge in [0.25, 0.3) is 0 Å². The topological polar surface area (TPSA) is 32.3 Å². The first kappa shape index (κ1) is 17.2. The lowest BCUT2D eigenvalue weighted by Crippen LogP contribution is -2.55. The monoisotopic (exact) mass is 356 g/mol. The number of nitrogens with zero attached hydrogens (tertiary/aromatic N) is 1. The molecule has 0 spiro atoms. The van der Waals surface area contributed by atoms with E-state index < -0.39 is 11.7 Å². The Morgan fingerprint density at radius 3 is 2.96 bits per heavy atom. The normalized spacial score (nSPS) is 23.2. The summed E-state index contributed by atoms with van der Waals surface area (Å²) >= 11 is 1.79. The van der Waals surface area contributed by atoms with Crippen LogP contribution in [0.4, 0.5) is 18.9 Å². The molecule has 0 saturated carbocycles. The molecular weight excluding hydrogens is 337 g/mol. The van der Waals surface area contributed by atoms with E-state index in [4.69, 9.17) is 0 Å².